The van der Waals surface area contributed by atoms with Crippen LogP contribution in [0.3, 0.4) is 0 Å². The molecule has 31 heavy (non-hydrogen) atoms. The van der Waals surface area contributed by atoms with Gasteiger partial charge in [-0.1, -0.05) is 18.2 Å². The van der Waals surface area contributed by atoms with Crippen molar-refractivity contribution < 1.29 is 23.9 Å². The number of rotatable bonds is 6. The fraction of sp³-hybridized carbons (Fsp3) is 0.182. The van der Waals surface area contributed by atoms with Gasteiger partial charge >= 0.3 is 0 Å². The van der Waals surface area contributed by atoms with Gasteiger partial charge in [-0.2, -0.15) is 4.99 Å². The number of ether oxygens (including phenoxy) is 2. The summed E-state index contributed by atoms with van der Waals surface area (Å²) in [7, 11) is 1.49. The van der Waals surface area contributed by atoms with Crippen LogP contribution in [0.25, 0.3) is 6.08 Å². The zero-order valence-corrected chi connectivity index (χ0v) is 18.0. The molecule has 8 nitrogen and oxygen atoms in total. The van der Waals surface area contributed by atoms with Crippen LogP contribution in [0, 0.1) is 6.92 Å². The number of anilines is 1. The molecule has 0 aliphatic carbocycles. The fourth-order valence-electron chi connectivity index (χ4n) is 2.72. The molecular formula is C22H21N3O5S. The van der Waals surface area contributed by atoms with Gasteiger partial charge in [0, 0.05) is 12.6 Å². The Morgan fingerprint density at radius 2 is 1.94 bits per heavy atom. The average Bonchev–Trinajstić information content (AvgIpc) is 3.04. The van der Waals surface area contributed by atoms with Crippen molar-refractivity contribution in [3.05, 3.63) is 58.5 Å². The van der Waals surface area contributed by atoms with Gasteiger partial charge < -0.3 is 20.1 Å². The minimum atomic E-state index is -0.430. The van der Waals surface area contributed by atoms with Crippen molar-refractivity contribution in [3.8, 4) is 11.5 Å². The predicted molar refractivity (Wildman–Crippen MR) is 120 cm³/mol. The van der Waals surface area contributed by atoms with Crippen molar-refractivity contribution in [2.45, 2.75) is 13.8 Å². The van der Waals surface area contributed by atoms with Gasteiger partial charge in [0.25, 0.3) is 11.8 Å². The van der Waals surface area contributed by atoms with Gasteiger partial charge in [-0.25, -0.2) is 0 Å². The third-order valence-corrected chi connectivity index (χ3v) is 4.95. The normalized spacial score (nSPS) is 14.2. The van der Waals surface area contributed by atoms with Crippen molar-refractivity contribution in [2.24, 2.45) is 4.99 Å². The van der Waals surface area contributed by atoms with Crippen LogP contribution >= 0.6 is 11.8 Å². The minimum Gasteiger partial charge on any atom is -0.493 e. The summed E-state index contributed by atoms with van der Waals surface area (Å²) >= 11 is 1.08. The molecule has 2 N–H and O–H groups in total. The van der Waals surface area contributed by atoms with Gasteiger partial charge in [-0.3, -0.25) is 14.4 Å². The Kier molecular flexibility index (Phi) is 7.09. The van der Waals surface area contributed by atoms with Crippen molar-refractivity contribution in [3.63, 3.8) is 0 Å². The van der Waals surface area contributed by atoms with E-state index in [-0.39, 0.29) is 23.6 Å². The molecule has 0 aromatic heterocycles. The fourth-order valence-corrected chi connectivity index (χ4v) is 3.58. The van der Waals surface area contributed by atoms with Gasteiger partial charge in [0.1, 0.15) is 0 Å². The summed E-state index contributed by atoms with van der Waals surface area (Å²) in [5.74, 6) is -0.217. The van der Waals surface area contributed by atoms with Crippen LogP contribution in [0.2, 0.25) is 0 Å². The van der Waals surface area contributed by atoms with E-state index in [0.29, 0.717) is 27.7 Å². The van der Waals surface area contributed by atoms with E-state index in [1.165, 1.54) is 14.0 Å². The first-order valence-corrected chi connectivity index (χ1v) is 10.1. The van der Waals surface area contributed by atoms with Crippen LogP contribution in [0.1, 0.15) is 18.1 Å². The van der Waals surface area contributed by atoms with Gasteiger partial charge in [-0.15, -0.1) is 0 Å². The molecule has 3 amide bonds. The van der Waals surface area contributed by atoms with Crippen molar-refractivity contribution in [1.29, 1.82) is 0 Å². The Morgan fingerprint density at radius 3 is 2.65 bits per heavy atom. The first kappa shape index (κ1) is 22.1. The van der Waals surface area contributed by atoms with E-state index in [4.69, 9.17) is 9.47 Å². The summed E-state index contributed by atoms with van der Waals surface area (Å²) < 4.78 is 11.0. The number of methoxy groups -OCH3 is 1. The maximum atomic E-state index is 12.2. The molecule has 1 heterocycles. The lowest BCUT2D eigenvalue weighted by molar-refractivity contribution is -0.118. The predicted octanol–water partition coefficient (Wildman–Crippen LogP) is 3.13. The largest absolute Gasteiger partial charge is 0.493 e. The quantitative estimate of drug-likeness (QED) is 0.670. The summed E-state index contributed by atoms with van der Waals surface area (Å²) in [6, 6.07) is 12.5. The summed E-state index contributed by atoms with van der Waals surface area (Å²) in [6.45, 7) is 3.10. The summed E-state index contributed by atoms with van der Waals surface area (Å²) in [5.41, 5.74) is 2.42. The number of nitrogens with one attached hydrogen (secondary N) is 2. The Bertz CT molecular complexity index is 1090. The molecule has 0 bridgehead atoms. The zero-order valence-electron chi connectivity index (χ0n) is 17.2. The lowest BCUT2D eigenvalue weighted by Crippen LogP contribution is -2.23. The number of amides is 3. The molecule has 0 spiro atoms. The number of thioether (sulfide) groups is 1. The number of aryl methyl sites for hydroxylation is 1. The Hall–Kier alpha value is -3.59. The van der Waals surface area contributed by atoms with Gasteiger partial charge in [0.05, 0.1) is 12.0 Å². The van der Waals surface area contributed by atoms with Crippen LogP contribution in [-0.4, -0.2) is 36.6 Å². The summed E-state index contributed by atoms with van der Waals surface area (Å²) in [6.07, 6.45) is 1.64. The minimum absolute atomic E-state index is 0.188. The molecular weight excluding hydrogens is 418 g/mol. The molecule has 0 saturated heterocycles. The second-order valence-electron chi connectivity index (χ2n) is 6.63. The highest BCUT2D eigenvalue weighted by atomic mass is 32.2. The SMILES string of the molecule is COc1cc(C=C2SC(NC(C)=O)=NC2=O)ccc1OCC(=O)Nc1cccc(C)c1. The number of nitrogens with zero attached hydrogens (tertiary/aromatic N) is 1. The Labute approximate surface area is 183 Å². The van der Waals surface area contributed by atoms with Crippen LogP contribution in [-0.2, 0) is 14.4 Å². The van der Waals surface area contributed by atoms with E-state index in [1.807, 2.05) is 25.1 Å². The Morgan fingerprint density at radius 1 is 1.13 bits per heavy atom. The number of carbonyl (C=O) groups is 3. The smallest absolute Gasteiger partial charge is 0.286 e. The molecule has 2 aromatic carbocycles. The first-order chi connectivity index (χ1) is 14.8. The van der Waals surface area contributed by atoms with Crippen molar-refractivity contribution in [1.82, 2.24) is 5.32 Å². The van der Waals surface area contributed by atoms with E-state index >= 15 is 0 Å². The summed E-state index contributed by atoms with van der Waals surface area (Å²) in [5, 5.41) is 5.52. The molecule has 2 aromatic rings. The van der Waals surface area contributed by atoms with Gasteiger partial charge in [-0.05, 0) is 60.2 Å². The van der Waals surface area contributed by atoms with E-state index in [2.05, 4.69) is 15.6 Å². The zero-order chi connectivity index (χ0) is 22.4. The number of carbonyl (C=O) groups excluding carboxylic acids is 3. The number of amidine groups is 1. The topological polar surface area (TPSA) is 106 Å². The molecule has 0 saturated carbocycles. The van der Waals surface area contributed by atoms with Crippen LogP contribution in [0.5, 0.6) is 11.5 Å². The number of hydrogen-bond acceptors (Lipinski definition) is 6. The van der Waals surface area contributed by atoms with E-state index in [1.54, 1.807) is 30.3 Å². The first-order valence-electron chi connectivity index (χ1n) is 9.31. The molecule has 9 heteroatoms. The molecule has 0 atom stereocenters. The average molecular weight is 439 g/mol. The van der Waals surface area contributed by atoms with Crippen molar-refractivity contribution >= 4 is 46.4 Å². The van der Waals surface area contributed by atoms with Crippen molar-refractivity contribution in [2.75, 3.05) is 19.0 Å². The Balaban J connectivity index is 1.64. The molecule has 0 fully saturated rings. The number of hydrogen-bond donors (Lipinski definition) is 2. The molecule has 1 aliphatic heterocycles. The highest BCUT2D eigenvalue weighted by Crippen LogP contribution is 2.32. The second-order valence-corrected chi connectivity index (χ2v) is 7.66. The number of aliphatic imine (C=N–C) groups is 1. The molecule has 0 radical (unpaired) electrons. The lowest BCUT2D eigenvalue weighted by atomic mass is 10.2. The summed E-state index contributed by atoms with van der Waals surface area (Å²) in [4.78, 5) is 39.5. The standard InChI is InChI=1S/C22H21N3O5S/c1-13-5-4-6-16(9-13)24-20(27)12-30-17-8-7-15(10-18(17)29-3)11-19-21(28)25-22(31-19)23-14(2)26/h4-11H,12H2,1-3H3,(H,24,27)(H,23,25,26,28). The molecule has 0 unspecified atom stereocenters. The molecule has 160 valence electrons. The third-order valence-electron chi connectivity index (χ3n) is 4.05. The third kappa shape index (κ3) is 6.19. The van der Waals surface area contributed by atoms with Gasteiger partial charge in [0.2, 0.25) is 5.91 Å². The highest BCUT2D eigenvalue weighted by Gasteiger charge is 2.22. The molecule has 1 aliphatic rings. The van der Waals surface area contributed by atoms with Crippen LogP contribution in [0.4, 0.5) is 5.69 Å². The van der Waals surface area contributed by atoms with E-state index in [0.717, 1.165) is 17.3 Å². The highest BCUT2D eigenvalue weighted by molar-refractivity contribution is 8.18. The second kappa shape index (κ2) is 9.94. The number of benzene rings is 2. The maximum absolute atomic E-state index is 12.2. The molecule has 3 rings (SSSR count). The monoisotopic (exact) mass is 439 g/mol. The van der Waals surface area contributed by atoms with Crippen LogP contribution < -0.4 is 20.1 Å². The lowest BCUT2D eigenvalue weighted by Gasteiger charge is -2.12. The van der Waals surface area contributed by atoms with E-state index < -0.39 is 5.91 Å². The van der Waals surface area contributed by atoms with E-state index in [9.17, 15) is 14.4 Å². The maximum Gasteiger partial charge on any atom is 0.286 e. The van der Waals surface area contributed by atoms with Crippen LogP contribution in [0.15, 0.2) is 52.4 Å². The van der Waals surface area contributed by atoms with Gasteiger partial charge in [0.15, 0.2) is 23.3 Å².